The van der Waals surface area contributed by atoms with Gasteiger partial charge in [-0.25, -0.2) is 4.79 Å². The summed E-state index contributed by atoms with van der Waals surface area (Å²) in [6.07, 6.45) is 2.14. The Balaban J connectivity index is 2.49. The van der Waals surface area contributed by atoms with Gasteiger partial charge in [-0.3, -0.25) is 23.7 Å². The first-order valence-electron chi connectivity index (χ1n) is 7.99. The molecule has 2 aromatic heterocycles. The smallest absolute Gasteiger partial charge is 0.331 e. The zero-order valence-corrected chi connectivity index (χ0v) is 14.5. The number of aliphatic hydroxyl groups excluding tert-OH is 1. The normalized spacial score (nSPS) is 12.0. The Hall–Kier alpha value is -2.74. The number of amides is 1. The Morgan fingerprint density at radius 3 is 2.56 bits per heavy atom. The summed E-state index contributed by atoms with van der Waals surface area (Å²) in [7, 11) is 2.79. The molecule has 0 saturated heterocycles. The van der Waals surface area contributed by atoms with Crippen LogP contribution in [0.5, 0.6) is 0 Å². The fourth-order valence-corrected chi connectivity index (χ4v) is 2.57. The number of aliphatic hydroxyl groups is 1. The van der Waals surface area contributed by atoms with E-state index in [2.05, 4.69) is 4.98 Å². The summed E-state index contributed by atoms with van der Waals surface area (Å²) < 4.78 is 2.07. The molecule has 0 radical (unpaired) electrons. The molecule has 1 atom stereocenters. The molecule has 0 aliphatic heterocycles. The molecule has 134 valence electrons. The quantitative estimate of drug-likeness (QED) is 0.787. The second kappa shape index (κ2) is 7.89. The molecule has 1 N–H and O–H groups in total. The summed E-state index contributed by atoms with van der Waals surface area (Å²) in [6, 6.07) is 6.03. The molecule has 8 heteroatoms. The van der Waals surface area contributed by atoms with Crippen molar-refractivity contribution in [3.05, 3.63) is 62.7 Å². The van der Waals surface area contributed by atoms with Crippen LogP contribution in [0.25, 0.3) is 0 Å². The second-order valence-corrected chi connectivity index (χ2v) is 5.77. The van der Waals surface area contributed by atoms with Gasteiger partial charge in [0, 0.05) is 26.4 Å². The van der Waals surface area contributed by atoms with Crippen molar-refractivity contribution in [3.63, 3.8) is 0 Å². The molecule has 0 saturated carbocycles. The molecule has 2 rings (SSSR count). The minimum atomic E-state index is -0.578. The van der Waals surface area contributed by atoms with E-state index >= 15 is 0 Å². The molecule has 0 aliphatic rings. The van der Waals surface area contributed by atoms with Gasteiger partial charge in [-0.2, -0.15) is 0 Å². The fraction of sp³-hybridized carbons (Fsp3) is 0.412. The number of hydrogen-bond acceptors (Lipinski definition) is 5. The third kappa shape index (κ3) is 3.85. The Labute approximate surface area is 145 Å². The summed E-state index contributed by atoms with van der Waals surface area (Å²) in [4.78, 5) is 42.7. The maximum Gasteiger partial charge on any atom is 0.331 e. The summed E-state index contributed by atoms with van der Waals surface area (Å²) >= 11 is 0. The molecule has 0 bridgehead atoms. The Bertz CT molecular complexity index is 853. The summed E-state index contributed by atoms with van der Waals surface area (Å²) in [6.45, 7) is 1.79. The molecule has 0 fully saturated rings. The van der Waals surface area contributed by atoms with Gasteiger partial charge in [-0.15, -0.1) is 0 Å². The van der Waals surface area contributed by atoms with E-state index in [1.54, 1.807) is 24.4 Å². The summed E-state index contributed by atoms with van der Waals surface area (Å²) in [5, 5.41) is 9.64. The molecular formula is C17H22N4O4. The minimum absolute atomic E-state index is 0.0177. The highest BCUT2D eigenvalue weighted by Crippen LogP contribution is 2.13. The average molecular weight is 346 g/mol. The molecule has 2 aromatic rings. The van der Waals surface area contributed by atoms with E-state index in [0.717, 1.165) is 15.2 Å². The molecule has 0 unspecified atom stereocenters. The van der Waals surface area contributed by atoms with Crippen LogP contribution in [0.2, 0.25) is 0 Å². The number of nitrogens with zero attached hydrogens (tertiary/aromatic N) is 4. The van der Waals surface area contributed by atoms with E-state index in [-0.39, 0.29) is 18.8 Å². The zero-order valence-electron chi connectivity index (χ0n) is 14.5. The largest absolute Gasteiger partial charge is 0.394 e. The number of aromatic nitrogens is 3. The topological polar surface area (TPSA) is 97.4 Å². The van der Waals surface area contributed by atoms with Crippen molar-refractivity contribution in [2.45, 2.75) is 25.9 Å². The lowest BCUT2D eigenvalue weighted by atomic mass is 10.1. The molecule has 1 amide bonds. The monoisotopic (exact) mass is 346 g/mol. The predicted molar refractivity (Wildman–Crippen MR) is 92.2 cm³/mol. The maximum atomic E-state index is 13.0. The lowest BCUT2D eigenvalue weighted by Crippen LogP contribution is -2.46. The lowest BCUT2D eigenvalue weighted by molar-refractivity contribution is 0.0548. The van der Waals surface area contributed by atoms with Crippen molar-refractivity contribution in [2.24, 2.45) is 14.1 Å². The van der Waals surface area contributed by atoms with Crippen LogP contribution in [0.4, 0.5) is 0 Å². The number of rotatable bonds is 6. The van der Waals surface area contributed by atoms with Crippen molar-refractivity contribution in [1.29, 1.82) is 0 Å². The van der Waals surface area contributed by atoms with Crippen molar-refractivity contribution < 1.29 is 9.90 Å². The van der Waals surface area contributed by atoms with E-state index in [9.17, 15) is 19.5 Å². The third-order valence-corrected chi connectivity index (χ3v) is 4.19. The van der Waals surface area contributed by atoms with Crippen LogP contribution < -0.4 is 11.2 Å². The Morgan fingerprint density at radius 2 is 2.00 bits per heavy atom. The SMILES string of the molecule is CC[C@H](CO)N(Cc1ccccn1)C(=O)c1cc(=O)n(C)c(=O)n1C. The number of carbonyl (C=O) groups excluding carboxylic acids is 1. The average Bonchev–Trinajstić information content (AvgIpc) is 2.63. The van der Waals surface area contributed by atoms with Crippen LogP contribution >= 0.6 is 0 Å². The van der Waals surface area contributed by atoms with Crippen molar-refractivity contribution in [1.82, 2.24) is 19.0 Å². The number of carbonyl (C=O) groups is 1. The summed E-state index contributed by atoms with van der Waals surface area (Å²) in [5.74, 6) is -0.496. The predicted octanol–water partition coefficient (Wildman–Crippen LogP) is -0.108. The van der Waals surface area contributed by atoms with Crippen molar-refractivity contribution >= 4 is 5.91 Å². The van der Waals surface area contributed by atoms with Crippen molar-refractivity contribution in [2.75, 3.05) is 6.61 Å². The molecule has 0 spiro atoms. The highest BCUT2D eigenvalue weighted by atomic mass is 16.3. The standard InChI is InChI=1S/C17H22N4O4/c1-4-13(11-22)21(10-12-7-5-6-8-18-12)16(24)14-9-15(23)20(3)17(25)19(14)2/h5-9,13,22H,4,10-11H2,1-3H3/t13-/m1/s1. The van der Waals surface area contributed by atoms with E-state index in [1.807, 2.05) is 6.92 Å². The van der Waals surface area contributed by atoms with Gasteiger partial charge in [0.2, 0.25) is 0 Å². The van der Waals surface area contributed by atoms with Crippen LogP contribution in [-0.2, 0) is 20.6 Å². The van der Waals surface area contributed by atoms with Gasteiger partial charge in [-0.05, 0) is 18.6 Å². The first-order chi connectivity index (χ1) is 11.9. The van der Waals surface area contributed by atoms with E-state index < -0.39 is 23.2 Å². The number of pyridine rings is 1. The van der Waals surface area contributed by atoms with Gasteiger partial charge < -0.3 is 10.0 Å². The van der Waals surface area contributed by atoms with Crippen LogP contribution in [-0.4, -0.2) is 42.7 Å². The van der Waals surface area contributed by atoms with Crippen molar-refractivity contribution in [3.8, 4) is 0 Å². The highest BCUT2D eigenvalue weighted by Gasteiger charge is 2.26. The summed E-state index contributed by atoms with van der Waals surface area (Å²) in [5.41, 5.74) is -0.500. The molecular weight excluding hydrogens is 324 g/mol. The van der Waals surface area contributed by atoms with Crippen LogP contribution in [0.1, 0.15) is 29.5 Å². The number of hydrogen-bond donors (Lipinski definition) is 1. The van der Waals surface area contributed by atoms with Gasteiger partial charge in [0.1, 0.15) is 5.69 Å². The molecule has 0 aromatic carbocycles. The first kappa shape index (κ1) is 18.6. The van der Waals surface area contributed by atoms with Gasteiger partial charge in [0.05, 0.1) is 24.9 Å². The van der Waals surface area contributed by atoms with Crippen LogP contribution in [0, 0.1) is 0 Å². The van der Waals surface area contributed by atoms with Crippen LogP contribution in [0.3, 0.4) is 0 Å². The molecule has 2 heterocycles. The zero-order chi connectivity index (χ0) is 18.6. The first-order valence-corrected chi connectivity index (χ1v) is 7.99. The highest BCUT2D eigenvalue weighted by molar-refractivity contribution is 5.92. The van der Waals surface area contributed by atoms with E-state index in [1.165, 1.54) is 19.0 Å². The fourth-order valence-electron chi connectivity index (χ4n) is 2.57. The van der Waals surface area contributed by atoms with Crippen LogP contribution in [0.15, 0.2) is 40.1 Å². The van der Waals surface area contributed by atoms with Gasteiger partial charge in [0.25, 0.3) is 11.5 Å². The van der Waals surface area contributed by atoms with E-state index in [0.29, 0.717) is 12.1 Å². The molecule has 25 heavy (non-hydrogen) atoms. The second-order valence-electron chi connectivity index (χ2n) is 5.77. The van der Waals surface area contributed by atoms with Gasteiger partial charge >= 0.3 is 5.69 Å². The lowest BCUT2D eigenvalue weighted by Gasteiger charge is -2.30. The maximum absolute atomic E-state index is 13.0. The Kier molecular flexibility index (Phi) is 5.87. The van der Waals surface area contributed by atoms with E-state index in [4.69, 9.17) is 0 Å². The van der Waals surface area contributed by atoms with Gasteiger partial charge in [-0.1, -0.05) is 13.0 Å². The Morgan fingerprint density at radius 1 is 1.28 bits per heavy atom. The molecule has 0 aliphatic carbocycles. The molecule has 8 nitrogen and oxygen atoms in total. The third-order valence-electron chi connectivity index (χ3n) is 4.19. The minimum Gasteiger partial charge on any atom is -0.394 e. The van der Waals surface area contributed by atoms with Gasteiger partial charge in [0.15, 0.2) is 0 Å².